The number of ether oxygens (including phenoxy) is 1. The summed E-state index contributed by atoms with van der Waals surface area (Å²) < 4.78 is 7.08. The summed E-state index contributed by atoms with van der Waals surface area (Å²) in [6.45, 7) is 2.43. The van der Waals surface area contributed by atoms with Crippen molar-refractivity contribution in [3.63, 3.8) is 0 Å². The molecule has 0 atom stereocenters. The van der Waals surface area contributed by atoms with Crippen LogP contribution in [0.1, 0.15) is 10.4 Å². The van der Waals surface area contributed by atoms with E-state index in [1.165, 1.54) is 0 Å². The Kier molecular flexibility index (Phi) is 4.06. The molecule has 140 valence electrons. The van der Waals surface area contributed by atoms with E-state index in [9.17, 15) is 4.79 Å². The van der Waals surface area contributed by atoms with E-state index in [1.54, 1.807) is 4.52 Å². The lowest BCUT2D eigenvalue weighted by Gasteiger charge is -2.26. The van der Waals surface area contributed by atoms with Crippen LogP contribution >= 0.6 is 0 Å². The summed E-state index contributed by atoms with van der Waals surface area (Å²) in [5.41, 5.74) is 3.76. The van der Waals surface area contributed by atoms with E-state index < -0.39 is 0 Å². The third-order valence-electron chi connectivity index (χ3n) is 4.76. The summed E-state index contributed by atoms with van der Waals surface area (Å²) in [6, 6.07) is 15.1. The molecule has 0 saturated carbocycles. The SMILES string of the molecule is O=C(c1ccc(Nc2nc3ccccc3[n+]3[nH]nnc23)cc1)N1CCOCC1. The molecule has 2 aromatic carbocycles. The van der Waals surface area contributed by atoms with Crippen molar-refractivity contribution in [3.8, 4) is 0 Å². The highest BCUT2D eigenvalue weighted by atomic mass is 16.5. The summed E-state index contributed by atoms with van der Waals surface area (Å²) in [4.78, 5) is 19.0. The lowest BCUT2D eigenvalue weighted by molar-refractivity contribution is -0.554. The largest absolute Gasteiger partial charge is 0.378 e. The molecule has 9 nitrogen and oxygen atoms in total. The number of nitrogens with zero attached hydrogens (tertiary/aromatic N) is 5. The number of hydrogen-bond acceptors (Lipinski definition) is 6. The van der Waals surface area contributed by atoms with Crippen LogP contribution in [0.4, 0.5) is 11.5 Å². The van der Waals surface area contributed by atoms with Crippen LogP contribution in [0.15, 0.2) is 48.5 Å². The molecule has 5 rings (SSSR count). The second kappa shape index (κ2) is 6.86. The van der Waals surface area contributed by atoms with Crippen LogP contribution in [0.25, 0.3) is 16.7 Å². The third kappa shape index (κ3) is 2.91. The highest BCUT2D eigenvalue weighted by Crippen LogP contribution is 2.20. The third-order valence-corrected chi connectivity index (χ3v) is 4.76. The fraction of sp³-hybridized carbons (Fsp3) is 0.211. The predicted molar refractivity (Wildman–Crippen MR) is 101 cm³/mol. The van der Waals surface area contributed by atoms with Gasteiger partial charge in [0.15, 0.2) is 10.7 Å². The van der Waals surface area contributed by atoms with Crippen molar-refractivity contribution in [3.05, 3.63) is 54.1 Å². The molecule has 4 aromatic rings. The van der Waals surface area contributed by atoms with Gasteiger partial charge < -0.3 is 15.0 Å². The van der Waals surface area contributed by atoms with Crippen molar-refractivity contribution in [2.75, 3.05) is 31.6 Å². The molecule has 1 fully saturated rings. The molecule has 28 heavy (non-hydrogen) atoms. The fourth-order valence-corrected chi connectivity index (χ4v) is 3.31. The number of rotatable bonds is 3. The summed E-state index contributed by atoms with van der Waals surface area (Å²) in [5.74, 6) is 0.604. The molecule has 0 aliphatic carbocycles. The van der Waals surface area contributed by atoms with E-state index >= 15 is 0 Å². The van der Waals surface area contributed by atoms with Crippen LogP contribution in [0.2, 0.25) is 0 Å². The molecule has 3 heterocycles. The second-order valence-corrected chi connectivity index (χ2v) is 6.52. The number of tetrazole rings is 1. The van der Waals surface area contributed by atoms with E-state index in [-0.39, 0.29) is 5.91 Å². The number of anilines is 2. The van der Waals surface area contributed by atoms with E-state index in [2.05, 4.69) is 25.8 Å². The number of aromatic amines is 1. The molecule has 1 saturated heterocycles. The highest BCUT2D eigenvalue weighted by molar-refractivity contribution is 5.94. The first-order valence-electron chi connectivity index (χ1n) is 9.05. The molecule has 2 aromatic heterocycles. The average molecular weight is 376 g/mol. The van der Waals surface area contributed by atoms with Crippen LogP contribution in [-0.2, 0) is 4.74 Å². The lowest BCUT2D eigenvalue weighted by atomic mass is 10.1. The maximum absolute atomic E-state index is 12.6. The zero-order chi connectivity index (χ0) is 18.9. The lowest BCUT2D eigenvalue weighted by Crippen LogP contribution is -2.40. The van der Waals surface area contributed by atoms with Crippen LogP contribution in [0.3, 0.4) is 0 Å². The van der Waals surface area contributed by atoms with Gasteiger partial charge in [0.1, 0.15) is 10.6 Å². The van der Waals surface area contributed by atoms with Gasteiger partial charge >= 0.3 is 5.65 Å². The molecule has 2 N–H and O–H groups in total. The van der Waals surface area contributed by atoms with Crippen LogP contribution in [0, 0.1) is 0 Å². The Hall–Kier alpha value is -3.59. The Morgan fingerprint density at radius 1 is 1.11 bits per heavy atom. The number of benzene rings is 2. The molecule has 0 spiro atoms. The standard InChI is InChI=1S/C19H17N7O2/c27-19(25-9-11-28-12-10-25)13-5-7-14(8-6-13)20-17-18-22-23-24-26(18)16-4-2-1-3-15(16)21-17/h1-8H,9-12H2,(H,20,21,27)/p+1. The monoisotopic (exact) mass is 376 g/mol. The van der Waals surface area contributed by atoms with Crippen LogP contribution in [-0.4, -0.2) is 57.6 Å². The number of amides is 1. The summed E-state index contributed by atoms with van der Waals surface area (Å²) in [7, 11) is 0. The predicted octanol–water partition coefficient (Wildman–Crippen LogP) is 1.31. The molecular formula is C19H18N7O2+. The Labute approximate surface area is 159 Å². The summed E-state index contributed by atoms with van der Waals surface area (Å²) >= 11 is 0. The van der Waals surface area contributed by atoms with Gasteiger partial charge in [-0.05, 0) is 36.4 Å². The van der Waals surface area contributed by atoms with Crippen LogP contribution in [0.5, 0.6) is 0 Å². The maximum atomic E-state index is 12.6. The molecule has 0 unspecified atom stereocenters. The van der Waals surface area contributed by atoms with Gasteiger partial charge in [-0.15, -0.1) is 4.52 Å². The number of nitrogens with one attached hydrogen (secondary N) is 2. The maximum Gasteiger partial charge on any atom is 0.372 e. The first-order valence-corrected chi connectivity index (χ1v) is 9.05. The van der Waals surface area contributed by atoms with Crippen LogP contribution < -0.4 is 9.83 Å². The normalized spacial score (nSPS) is 14.5. The molecule has 0 bridgehead atoms. The zero-order valence-corrected chi connectivity index (χ0v) is 15.0. The van der Waals surface area contributed by atoms with Crippen molar-refractivity contribution in [2.24, 2.45) is 0 Å². The van der Waals surface area contributed by atoms with E-state index in [4.69, 9.17) is 4.74 Å². The van der Waals surface area contributed by atoms with Crippen molar-refractivity contribution >= 4 is 34.1 Å². The molecular weight excluding hydrogens is 358 g/mol. The van der Waals surface area contributed by atoms with E-state index in [1.807, 2.05) is 53.4 Å². The number of morpholine rings is 1. The second-order valence-electron chi connectivity index (χ2n) is 6.52. The van der Waals surface area contributed by atoms with Gasteiger partial charge in [-0.2, -0.15) is 0 Å². The Morgan fingerprint density at radius 2 is 1.89 bits per heavy atom. The molecule has 1 aliphatic heterocycles. The smallest absolute Gasteiger partial charge is 0.372 e. The molecule has 1 amide bonds. The van der Waals surface area contributed by atoms with Gasteiger partial charge in [0, 0.05) is 24.3 Å². The first-order chi connectivity index (χ1) is 13.8. The van der Waals surface area contributed by atoms with Gasteiger partial charge in [-0.3, -0.25) is 4.79 Å². The topological polar surface area (TPSA) is 100 Å². The zero-order valence-electron chi connectivity index (χ0n) is 15.0. The van der Waals surface area contributed by atoms with Gasteiger partial charge in [-0.25, -0.2) is 4.98 Å². The van der Waals surface area contributed by atoms with E-state index in [0.717, 1.165) is 16.7 Å². The van der Waals surface area contributed by atoms with Gasteiger partial charge in [-0.1, -0.05) is 17.3 Å². The Morgan fingerprint density at radius 3 is 2.71 bits per heavy atom. The Balaban J connectivity index is 1.43. The number of carbonyl (C=O) groups is 1. The first kappa shape index (κ1) is 16.6. The van der Waals surface area contributed by atoms with Crippen molar-refractivity contribution < 1.29 is 14.0 Å². The van der Waals surface area contributed by atoms with Crippen molar-refractivity contribution in [2.45, 2.75) is 0 Å². The number of H-pyrrole nitrogens is 1. The number of hydrogen-bond donors (Lipinski definition) is 2. The fourth-order valence-electron chi connectivity index (χ4n) is 3.31. The quantitative estimate of drug-likeness (QED) is 0.523. The summed E-state index contributed by atoms with van der Waals surface area (Å²) in [6.07, 6.45) is 0. The number of carbonyl (C=O) groups excluding carboxylic acids is 1. The summed E-state index contributed by atoms with van der Waals surface area (Å²) in [5, 5.41) is 14.2. The van der Waals surface area contributed by atoms with Gasteiger partial charge in [0.2, 0.25) is 5.82 Å². The van der Waals surface area contributed by atoms with Crippen molar-refractivity contribution in [1.82, 2.24) is 25.4 Å². The average Bonchev–Trinajstić information content (AvgIpc) is 3.25. The molecule has 1 aliphatic rings. The minimum absolute atomic E-state index is 0.0214. The highest BCUT2D eigenvalue weighted by Gasteiger charge is 2.20. The molecule has 9 heteroatoms. The number of fused-ring (bicyclic) bond motifs is 3. The minimum atomic E-state index is 0.0214. The van der Waals surface area contributed by atoms with Gasteiger partial charge in [0.25, 0.3) is 5.91 Å². The number of para-hydroxylation sites is 2. The van der Waals surface area contributed by atoms with Crippen molar-refractivity contribution in [1.29, 1.82) is 0 Å². The molecule has 0 radical (unpaired) electrons. The van der Waals surface area contributed by atoms with E-state index in [0.29, 0.717) is 43.3 Å². The number of aromatic nitrogens is 5. The van der Waals surface area contributed by atoms with Gasteiger partial charge in [0.05, 0.1) is 13.2 Å². The minimum Gasteiger partial charge on any atom is -0.378 e. The Bertz CT molecular complexity index is 1150.